The molecule has 1 N–H and O–H groups in total. The quantitative estimate of drug-likeness (QED) is 0.899. The van der Waals surface area contributed by atoms with Crippen molar-refractivity contribution in [2.45, 2.75) is 46.1 Å². The van der Waals surface area contributed by atoms with Gasteiger partial charge in [-0.15, -0.1) is 0 Å². The number of aryl methyl sites for hydroxylation is 1. The fraction of sp³-hybridized carbons (Fsp3) is 0.562. The van der Waals surface area contributed by atoms with Gasteiger partial charge in [0.15, 0.2) is 0 Å². The Hall–Kier alpha value is -1.51. The van der Waals surface area contributed by atoms with Crippen molar-refractivity contribution in [3.8, 4) is 0 Å². The van der Waals surface area contributed by atoms with Gasteiger partial charge in [0.05, 0.1) is 0 Å². The molecule has 2 rings (SSSR count). The minimum Gasteiger partial charge on any atom is -0.385 e. The van der Waals surface area contributed by atoms with Crippen molar-refractivity contribution in [2.24, 2.45) is 0 Å². The molecular weight excluding hydrogens is 236 g/mol. The highest BCUT2D eigenvalue weighted by atomic mass is 16.2. The molecule has 104 valence electrons. The molecule has 1 saturated heterocycles. The lowest BCUT2D eigenvalue weighted by Gasteiger charge is -2.22. The average Bonchev–Trinajstić information content (AvgIpc) is 2.82. The lowest BCUT2D eigenvalue weighted by Crippen LogP contribution is -2.33. The van der Waals surface area contributed by atoms with Crippen LogP contribution in [0.2, 0.25) is 0 Å². The maximum atomic E-state index is 12.4. The largest absolute Gasteiger partial charge is 0.385 e. The predicted molar refractivity (Wildman–Crippen MR) is 79.7 cm³/mol. The predicted octanol–water partition coefficient (Wildman–Crippen LogP) is 3.44. The van der Waals surface area contributed by atoms with E-state index in [-0.39, 0.29) is 5.91 Å². The molecule has 1 aliphatic rings. The van der Waals surface area contributed by atoms with E-state index in [2.05, 4.69) is 26.1 Å². The van der Waals surface area contributed by atoms with Crippen molar-refractivity contribution in [3.05, 3.63) is 29.3 Å². The number of benzene rings is 1. The number of carbonyl (C=O) groups excluding carboxylic acids is 1. The number of anilines is 1. The van der Waals surface area contributed by atoms with Crippen LogP contribution in [0, 0.1) is 6.92 Å². The first-order valence-corrected chi connectivity index (χ1v) is 7.29. The molecule has 0 radical (unpaired) electrons. The van der Waals surface area contributed by atoms with Crippen LogP contribution < -0.4 is 5.32 Å². The van der Waals surface area contributed by atoms with E-state index in [0.717, 1.165) is 49.2 Å². The van der Waals surface area contributed by atoms with Crippen molar-refractivity contribution in [1.29, 1.82) is 0 Å². The molecular formula is C16H24N2O. The maximum Gasteiger partial charge on any atom is 0.254 e. The van der Waals surface area contributed by atoms with E-state index in [4.69, 9.17) is 0 Å². The van der Waals surface area contributed by atoms with Gasteiger partial charge in [0, 0.05) is 30.4 Å². The number of likely N-dealkylation sites (tertiary alicyclic amines) is 1. The van der Waals surface area contributed by atoms with E-state index < -0.39 is 0 Å². The zero-order valence-electron chi connectivity index (χ0n) is 12.2. The molecule has 0 spiro atoms. The smallest absolute Gasteiger partial charge is 0.254 e. The highest BCUT2D eigenvalue weighted by molar-refractivity contribution is 5.95. The Kier molecular flexibility index (Phi) is 4.46. The summed E-state index contributed by atoms with van der Waals surface area (Å²) >= 11 is 0. The summed E-state index contributed by atoms with van der Waals surface area (Å²) in [6.07, 6.45) is 3.36. The number of carbonyl (C=O) groups is 1. The van der Waals surface area contributed by atoms with Crippen molar-refractivity contribution in [2.75, 3.05) is 18.4 Å². The lowest BCUT2D eigenvalue weighted by molar-refractivity contribution is 0.0747. The summed E-state index contributed by atoms with van der Waals surface area (Å²) in [6, 6.07) is 6.36. The van der Waals surface area contributed by atoms with Gasteiger partial charge in [-0.1, -0.05) is 6.92 Å². The van der Waals surface area contributed by atoms with Crippen LogP contribution in [0.15, 0.2) is 18.2 Å². The number of hydrogen-bond donors (Lipinski definition) is 1. The van der Waals surface area contributed by atoms with Crippen LogP contribution in [0.25, 0.3) is 0 Å². The third kappa shape index (κ3) is 3.09. The zero-order chi connectivity index (χ0) is 13.8. The number of nitrogens with one attached hydrogen (secondary N) is 1. The topological polar surface area (TPSA) is 32.3 Å². The van der Waals surface area contributed by atoms with Crippen LogP contribution >= 0.6 is 0 Å². The standard InChI is InChI=1S/C16H24N2O/c1-4-9-17-15-8-7-14(11-12(15)2)16(19)18-10-5-6-13(18)3/h7-8,11,13,17H,4-6,9-10H2,1-3H3. The van der Waals surface area contributed by atoms with Gasteiger partial charge in [-0.2, -0.15) is 0 Å². The summed E-state index contributed by atoms with van der Waals surface area (Å²) in [6.45, 7) is 8.21. The molecule has 1 aromatic rings. The molecule has 3 heteroatoms. The Morgan fingerprint density at radius 3 is 2.84 bits per heavy atom. The second-order valence-corrected chi connectivity index (χ2v) is 5.45. The fourth-order valence-electron chi connectivity index (χ4n) is 2.66. The van der Waals surface area contributed by atoms with Gasteiger partial charge < -0.3 is 10.2 Å². The van der Waals surface area contributed by atoms with Crippen LogP contribution in [-0.2, 0) is 0 Å². The van der Waals surface area contributed by atoms with Crippen molar-refractivity contribution < 1.29 is 4.79 Å². The highest BCUT2D eigenvalue weighted by Gasteiger charge is 2.26. The van der Waals surface area contributed by atoms with Crippen molar-refractivity contribution in [3.63, 3.8) is 0 Å². The SMILES string of the molecule is CCCNc1ccc(C(=O)N2CCCC2C)cc1C. The maximum absolute atomic E-state index is 12.4. The normalized spacial score (nSPS) is 18.7. The van der Waals surface area contributed by atoms with Crippen LogP contribution in [0.4, 0.5) is 5.69 Å². The summed E-state index contributed by atoms with van der Waals surface area (Å²) in [4.78, 5) is 14.4. The summed E-state index contributed by atoms with van der Waals surface area (Å²) in [5, 5.41) is 3.38. The van der Waals surface area contributed by atoms with Gasteiger partial charge in [0.25, 0.3) is 5.91 Å². The Bertz CT molecular complexity index is 456. The molecule has 1 heterocycles. The van der Waals surface area contributed by atoms with E-state index in [1.165, 1.54) is 0 Å². The van der Waals surface area contributed by atoms with E-state index in [1.807, 2.05) is 23.1 Å². The summed E-state index contributed by atoms with van der Waals surface area (Å²) in [5.74, 6) is 0.176. The minimum atomic E-state index is 0.176. The molecule has 3 nitrogen and oxygen atoms in total. The molecule has 1 fully saturated rings. The molecule has 19 heavy (non-hydrogen) atoms. The number of nitrogens with zero attached hydrogens (tertiary/aromatic N) is 1. The zero-order valence-corrected chi connectivity index (χ0v) is 12.2. The molecule has 1 aliphatic heterocycles. The van der Waals surface area contributed by atoms with Gasteiger partial charge in [-0.05, 0) is 56.9 Å². The van der Waals surface area contributed by atoms with E-state index in [0.29, 0.717) is 6.04 Å². The summed E-state index contributed by atoms with van der Waals surface area (Å²) < 4.78 is 0. The van der Waals surface area contributed by atoms with Gasteiger partial charge in [-0.3, -0.25) is 4.79 Å². The number of rotatable bonds is 4. The Balaban J connectivity index is 2.12. The number of hydrogen-bond acceptors (Lipinski definition) is 2. The van der Waals surface area contributed by atoms with Crippen LogP contribution in [0.3, 0.4) is 0 Å². The average molecular weight is 260 g/mol. The Labute approximate surface area is 116 Å². The van der Waals surface area contributed by atoms with Gasteiger partial charge >= 0.3 is 0 Å². The Morgan fingerprint density at radius 1 is 1.47 bits per heavy atom. The van der Waals surface area contributed by atoms with Crippen molar-refractivity contribution >= 4 is 11.6 Å². The molecule has 1 aromatic carbocycles. The molecule has 1 amide bonds. The monoisotopic (exact) mass is 260 g/mol. The highest BCUT2D eigenvalue weighted by Crippen LogP contribution is 2.22. The molecule has 0 bridgehead atoms. The minimum absolute atomic E-state index is 0.176. The van der Waals surface area contributed by atoms with Gasteiger partial charge in [0.1, 0.15) is 0 Å². The molecule has 0 saturated carbocycles. The molecule has 0 aliphatic carbocycles. The van der Waals surface area contributed by atoms with E-state index >= 15 is 0 Å². The molecule has 1 atom stereocenters. The van der Waals surface area contributed by atoms with Crippen molar-refractivity contribution in [1.82, 2.24) is 4.90 Å². The van der Waals surface area contributed by atoms with E-state index in [9.17, 15) is 4.79 Å². The van der Waals surface area contributed by atoms with Crippen LogP contribution in [-0.4, -0.2) is 29.9 Å². The van der Waals surface area contributed by atoms with Gasteiger partial charge in [0.2, 0.25) is 0 Å². The third-order valence-electron chi connectivity index (χ3n) is 3.85. The Morgan fingerprint density at radius 2 is 2.26 bits per heavy atom. The second-order valence-electron chi connectivity index (χ2n) is 5.45. The third-order valence-corrected chi connectivity index (χ3v) is 3.85. The fourth-order valence-corrected chi connectivity index (χ4v) is 2.66. The first-order chi connectivity index (χ1) is 9.13. The first-order valence-electron chi connectivity index (χ1n) is 7.29. The summed E-state index contributed by atoms with van der Waals surface area (Å²) in [7, 11) is 0. The van der Waals surface area contributed by atoms with E-state index in [1.54, 1.807) is 0 Å². The number of amides is 1. The first kappa shape index (κ1) is 13.9. The van der Waals surface area contributed by atoms with Crippen LogP contribution in [0.5, 0.6) is 0 Å². The summed E-state index contributed by atoms with van der Waals surface area (Å²) in [5.41, 5.74) is 3.09. The molecule has 0 aromatic heterocycles. The van der Waals surface area contributed by atoms with Gasteiger partial charge in [-0.25, -0.2) is 0 Å². The molecule has 1 unspecified atom stereocenters. The lowest BCUT2D eigenvalue weighted by atomic mass is 10.1. The van der Waals surface area contributed by atoms with Crippen LogP contribution in [0.1, 0.15) is 49.0 Å². The second kappa shape index (κ2) is 6.09.